The number of rotatable bonds is 8. The van der Waals surface area contributed by atoms with E-state index in [4.69, 9.17) is 0 Å². The van der Waals surface area contributed by atoms with Crippen LogP contribution in [0.4, 0.5) is 0 Å². The Balaban J connectivity index is 2.12. The van der Waals surface area contributed by atoms with Gasteiger partial charge in [0.05, 0.1) is 0 Å². The van der Waals surface area contributed by atoms with E-state index in [9.17, 15) is 0 Å². The third-order valence-electron chi connectivity index (χ3n) is 2.76. The van der Waals surface area contributed by atoms with Gasteiger partial charge in [-0.25, -0.2) is 0 Å². The summed E-state index contributed by atoms with van der Waals surface area (Å²) in [4.78, 5) is 1.51. The average Bonchev–Trinajstić information content (AvgIpc) is 2.70. The fourth-order valence-corrected chi connectivity index (χ4v) is 2.73. The molecule has 0 fully saturated rings. The second kappa shape index (κ2) is 7.70. The van der Waals surface area contributed by atoms with Crippen molar-refractivity contribution in [1.29, 1.82) is 0 Å². The molecule has 0 bridgehead atoms. The Labute approximate surface area is 98.0 Å². The van der Waals surface area contributed by atoms with E-state index in [1.165, 1.54) is 55.4 Å². The Hall–Kier alpha value is -0.560. The maximum Gasteiger partial charge on any atom is 0.0117 e. The molecule has 1 heteroatoms. The third kappa shape index (κ3) is 4.65. The summed E-state index contributed by atoms with van der Waals surface area (Å²) in [6, 6.07) is 2.17. The lowest BCUT2D eigenvalue weighted by molar-refractivity contribution is 0.609. The van der Waals surface area contributed by atoms with Crippen molar-refractivity contribution in [3.05, 3.63) is 28.5 Å². The van der Waals surface area contributed by atoms with E-state index in [0.29, 0.717) is 0 Å². The minimum atomic E-state index is 1.24. The van der Waals surface area contributed by atoms with Gasteiger partial charge < -0.3 is 0 Å². The van der Waals surface area contributed by atoms with Crippen molar-refractivity contribution in [2.24, 2.45) is 0 Å². The molecule has 0 atom stereocenters. The van der Waals surface area contributed by atoms with Crippen LogP contribution in [0.25, 0.3) is 6.08 Å². The molecule has 0 unspecified atom stereocenters. The molecule has 0 aromatic carbocycles. The molecule has 0 aliphatic heterocycles. The van der Waals surface area contributed by atoms with Crippen molar-refractivity contribution in [2.45, 2.75) is 51.9 Å². The largest absolute Gasteiger partial charge is 0.148 e. The van der Waals surface area contributed by atoms with Crippen LogP contribution in [-0.2, 0) is 6.42 Å². The number of aryl methyl sites for hydroxylation is 1. The number of hydrogen-bond acceptors (Lipinski definition) is 1. The molecule has 1 aromatic heterocycles. The second-order valence-corrected chi connectivity index (χ2v) is 5.02. The van der Waals surface area contributed by atoms with Crippen LogP contribution >= 0.6 is 11.3 Å². The highest BCUT2D eigenvalue weighted by molar-refractivity contribution is 7.10. The Morgan fingerprint density at radius 1 is 1.20 bits per heavy atom. The predicted molar refractivity (Wildman–Crippen MR) is 71.5 cm³/mol. The first-order chi connectivity index (χ1) is 7.38. The van der Waals surface area contributed by atoms with Crippen molar-refractivity contribution in [3.8, 4) is 0 Å². The molecule has 15 heavy (non-hydrogen) atoms. The highest BCUT2D eigenvalue weighted by atomic mass is 32.1. The molecule has 0 N–H and O–H groups in total. The molecule has 0 radical (unpaired) electrons. The zero-order valence-corrected chi connectivity index (χ0v) is 10.6. The van der Waals surface area contributed by atoms with Crippen molar-refractivity contribution in [2.75, 3.05) is 0 Å². The summed E-state index contributed by atoms with van der Waals surface area (Å²) in [5.41, 5.74) is 1.34. The van der Waals surface area contributed by atoms with Gasteiger partial charge in [0.15, 0.2) is 0 Å². The highest BCUT2D eigenvalue weighted by Gasteiger charge is 2.00. The molecule has 0 saturated heterocycles. The van der Waals surface area contributed by atoms with Gasteiger partial charge in [0.2, 0.25) is 0 Å². The van der Waals surface area contributed by atoms with Gasteiger partial charge in [0.25, 0.3) is 0 Å². The molecule has 84 valence electrons. The Kier molecular flexibility index (Phi) is 6.42. The predicted octanol–water partition coefficient (Wildman–Crippen LogP) is 5.29. The normalized spacial score (nSPS) is 10.5. The third-order valence-corrected chi connectivity index (χ3v) is 3.75. The Morgan fingerprint density at radius 3 is 2.67 bits per heavy atom. The molecule has 0 aliphatic carbocycles. The van der Waals surface area contributed by atoms with Gasteiger partial charge in [-0.3, -0.25) is 0 Å². The standard InChI is InChI=1S/C14H22S/c1-3-5-6-7-8-9-10-14-13(4-2)11-12-15-14/h4,11-12H,2-3,5-10H2,1H3. The summed E-state index contributed by atoms with van der Waals surface area (Å²) in [7, 11) is 0. The molecular weight excluding hydrogens is 200 g/mol. The van der Waals surface area contributed by atoms with E-state index in [0.717, 1.165) is 0 Å². The smallest absolute Gasteiger partial charge is 0.0117 e. The molecule has 1 heterocycles. The maximum atomic E-state index is 3.84. The van der Waals surface area contributed by atoms with Crippen molar-refractivity contribution < 1.29 is 0 Å². The summed E-state index contributed by atoms with van der Waals surface area (Å²) >= 11 is 1.87. The van der Waals surface area contributed by atoms with Gasteiger partial charge in [-0.15, -0.1) is 11.3 Å². The first kappa shape index (κ1) is 12.5. The highest BCUT2D eigenvalue weighted by Crippen LogP contribution is 2.20. The molecular formula is C14H22S. The average molecular weight is 222 g/mol. The topological polar surface area (TPSA) is 0 Å². The number of unbranched alkanes of at least 4 members (excludes halogenated alkanes) is 5. The summed E-state index contributed by atoms with van der Waals surface area (Å²) in [6.45, 7) is 6.11. The first-order valence-electron chi connectivity index (χ1n) is 6.07. The van der Waals surface area contributed by atoms with Crippen LogP contribution in [0, 0.1) is 0 Å². The van der Waals surface area contributed by atoms with Gasteiger partial charge in [-0.05, 0) is 29.9 Å². The molecule has 0 nitrogen and oxygen atoms in total. The minimum absolute atomic E-state index is 1.24. The molecule has 0 aliphatic rings. The van der Waals surface area contributed by atoms with Crippen LogP contribution in [0.15, 0.2) is 18.0 Å². The first-order valence-corrected chi connectivity index (χ1v) is 6.95. The molecule has 0 saturated carbocycles. The van der Waals surface area contributed by atoms with E-state index in [1.54, 1.807) is 0 Å². The van der Waals surface area contributed by atoms with E-state index in [2.05, 4.69) is 24.9 Å². The van der Waals surface area contributed by atoms with Gasteiger partial charge in [0.1, 0.15) is 0 Å². The van der Waals surface area contributed by atoms with Crippen LogP contribution in [0.1, 0.15) is 55.9 Å². The van der Waals surface area contributed by atoms with Crippen LogP contribution < -0.4 is 0 Å². The van der Waals surface area contributed by atoms with E-state index in [1.807, 2.05) is 17.4 Å². The van der Waals surface area contributed by atoms with Crippen LogP contribution in [0.3, 0.4) is 0 Å². The number of thiophene rings is 1. The minimum Gasteiger partial charge on any atom is -0.148 e. The molecule has 0 spiro atoms. The van der Waals surface area contributed by atoms with E-state index >= 15 is 0 Å². The second-order valence-electron chi connectivity index (χ2n) is 4.02. The van der Waals surface area contributed by atoms with Crippen molar-refractivity contribution >= 4 is 17.4 Å². The summed E-state index contributed by atoms with van der Waals surface area (Å²) < 4.78 is 0. The monoisotopic (exact) mass is 222 g/mol. The fraction of sp³-hybridized carbons (Fsp3) is 0.571. The van der Waals surface area contributed by atoms with Gasteiger partial charge in [-0.1, -0.05) is 51.7 Å². The van der Waals surface area contributed by atoms with Crippen LogP contribution in [0.2, 0.25) is 0 Å². The lowest BCUT2D eigenvalue weighted by Gasteiger charge is -2.01. The lowest BCUT2D eigenvalue weighted by atomic mass is 10.1. The zero-order valence-electron chi connectivity index (χ0n) is 9.80. The maximum absolute atomic E-state index is 3.84. The SMILES string of the molecule is C=Cc1ccsc1CCCCCCCC. The van der Waals surface area contributed by atoms with Crippen LogP contribution in [0.5, 0.6) is 0 Å². The van der Waals surface area contributed by atoms with Gasteiger partial charge in [0, 0.05) is 4.88 Å². The molecule has 1 aromatic rings. The van der Waals surface area contributed by atoms with E-state index in [-0.39, 0.29) is 0 Å². The van der Waals surface area contributed by atoms with E-state index < -0.39 is 0 Å². The zero-order chi connectivity index (χ0) is 10.9. The summed E-state index contributed by atoms with van der Waals surface area (Å²) in [6.07, 6.45) is 11.5. The van der Waals surface area contributed by atoms with Gasteiger partial charge in [-0.2, -0.15) is 0 Å². The van der Waals surface area contributed by atoms with Crippen LogP contribution in [-0.4, -0.2) is 0 Å². The fourth-order valence-electron chi connectivity index (χ4n) is 1.80. The van der Waals surface area contributed by atoms with Gasteiger partial charge >= 0.3 is 0 Å². The summed E-state index contributed by atoms with van der Waals surface area (Å²) in [5, 5.41) is 2.17. The molecule has 1 rings (SSSR count). The Bertz CT molecular complexity index is 273. The summed E-state index contributed by atoms with van der Waals surface area (Å²) in [5.74, 6) is 0. The number of hydrogen-bond donors (Lipinski definition) is 0. The quantitative estimate of drug-likeness (QED) is 0.524. The lowest BCUT2D eigenvalue weighted by Crippen LogP contribution is -1.85. The molecule has 0 amide bonds. The Morgan fingerprint density at radius 2 is 1.93 bits per heavy atom. The van der Waals surface area contributed by atoms with Crippen molar-refractivity contribution in [3.63, 3.8) is 0 Å². The van der Waals surface area contributed by atoms with Crippen molar-refractivity contribution in [1.82, 2.24) is 0 Å².